The van der Waals surface area contributed by atoms with Gasteiger partial charge in [-0.3, -0.25) is 9.52 Å². The molecule has 1 heterocycles. The summed E-state index contributed by atoms with van der Waals surface area (Å²) in [4.78, 5) is 15.5. The maximum Gasteiger partial charge on any atom is 0.263 e. The molecule has 1 aromatic heterocycles. The number of thiophene rings is 1. The van der Waals surface area contributed by atoms with Crippen LogP contribution in [0.5, 0.6) is 0 Å². The number of amides is 1. The zero-order chi connectivity index (χ0) is 17.4. The highest BCUT2D eigenvalue weighted by molar-refractivity contribution is 7.93. The van der Waals surface area contributed by atoms with E-state index in [1.807, 2.05) is 6.92 Å². The molecule has 0 unspecified atom stereocenters. The number of hydrogen-bond acceptors (Lipinski definition) is 4. The summed E-state index contributed by atoms with van der Waals surface area (Å²) in [6.45, 7) is 5.46. The molecule has 1 amide bonds. The van der Waals surface area contributed by atoms with E-state index in [0.29, 0.717) is 11.3 Å². The largest absolute Gasteiger partial charge is 0.345 e. The van der Waals surface area contributed by atoms with Crippen molar-refractivity contribution in [1.82, 2.24) is 4.90 Å². The third kappa shape index (κ3) is 3.73. The van der Waals surface area contributed by atoms with Gasteiger partial charge in [-0.25, -0.2) is 8.42 Å². The lowest BCUT2D eigenvalue weighted by Gasteiger charge is -2.14. The average molecular weight is 352 g/mol. The molecule has 0 aliphatic carbocycles. The molecular formula is C16H20N2O3S2. The molecule has 23 heavy (non-hydrogen) atoms. The van der Waals surface area contributed by atoms with Crippen molar-refractivity contribution in [2.45, 2.75) is 25.7 Å². The van der Waals surface area contributed by atoms with Crippen LogP contribution in [0.25, 0.3) is 0 Å². The molecule has 0 atom stereocenters. The Balaban J connectivity index is 2.41. The Morgan fingerprint density at radius 1 is 1.13 bits per heavy atom. The van der Waals surface area contributed by atoms with Crippen LogP contribution in [0.15, 0.2) is 29.2 Å². The van der Waals surface area contributed by atoms with E-state index < -0.39 is 10.0 Å². The number of anilines is 1. The van der Waals surface area contributed by atoms with Crippen molar-refractivity contribution in [3.63, 3.8) is 0 Å². The number of rotatable bonds is 4. The summed E-state index contributed by atoms with van der Waals surface area (Å²) >= 11 is 1.44. The lowest BCUT2D eigenvalue weighted by molar-refractivity contribution is 0.0827. The Bertz CT molecular complexity index is 852. The Morgan fingerprint density at radius 2 is 1.78 bits per heavy atom. The van der Waals surface area contributed by atoms with Gasteiger partial charge in [0.2, 0.25) is 0 Å². The SMILES string of the molecule is Cc1cc(S(=O)(=O)Nc2cc(C(=O)N(C)C)ccc2C)c(C)s1. The molecule has 0 spiro atoms. The number of nitrogens with one attached hydrogen (secondary N) is 1. The van der Waals surface area contributed by atoms with E-state index in [9.17, 15) is 13.2 Å². The molecule has 0 radical (unpaired) electrons. The van der Waals surface area contributed by atoms with Crippen LogP contribution in [0.3, 0.4) is 0 Å². The van der Waals surface area contributed by atoms with Crippen molar-refractivity contribution >= 4 is 33.0 Å². The molecule has 0 saturated heterocycles. The van der Waals surface area contributed by atoms with E-state index in [4.69, 9.17) is 0 Å². The van der Waals surface area contributed by atoms with Gasteiger partial charge in [-0.1, -0.05) is 6.07 Å². The topological polar surface area (TPSA) is 66.5 Å². The van der Waals surface area contributed by atoms with Gasteiger partial charge in [0.05, 0.1) is 5.69 Å². The van der Waals surface area contributed by atoms with E-state index >= 15 is 0 Å². The van der Waals surface area contributed by atoms with Crippen LogP contribution in [-0.2, 0) is 10.0 Å². The molecule has 0 bridgehead atoms. The molecule has 1 N–H and O–H groups in total. The van der Waals surface area contributed by atoms with Gasteiger partial charge in [0.1, 0.15) is 4.90 Å². The van der Waals surface area contributed by atoms with Gasteiger partial charge >= 0.3 is 0 Å². The summed E-state index contributed by atoms with van der Waals surface area (Å²) in [5, 5.41) is 0. The van der Waals surface area contributed by atoms with Crippen LogP contribution in [0.1, 0.15) is 25.7 Å². The Morgan fingerprint density at radius 3 is 2.30 bits per heavy atom. The summed E-state index contributed by atoms with van der Waals surface area (Å²) in [6.07, 6.45) is 0. The lowest BCUT2D eigenvalue weighted by atomic mass is 10.1. The van der Waals surface area contributed by atoms with Gasteiger partial charge in [-0.15, -0.1) is 11.3 Å². The molecule has 0 saturated carbocycles. The standard InChI is InChI=1S/C16H20N2O3S2/c1-10-6-7-13(16(19)18(4)5)9-14(10)17-23(20,21)15-8-11(2)22-12(15)3/h6-9,17H,1-5H3. The molecule has 1 aromatic carbocycles. The Labute approximate surface area is 141 Å². The predicted octanol–water partition coefficient (Wildman–Crippen LogP) is 3.18. The van der Waals surface area contributed by atoms with E-state index in [-0.39, 0.29) is 10.8 Å². The average Bonchev–Trinajstić information content (AvgIpc) is 2.80. The zero-order valence-corrected chi connectivity index (χ0v) is 15.4. The van der Waals surface area contributed by atoms with E-state index in [1.54, 1.807) is 52.2 Å². The molecule has 124 valence electrons. The van der Waals surface area contributed by atoms with Crippen LogP contribution in [0, 0.1) is 20.8 Å². The summed E-state index contributed by atoms with van der Waals surface area (Å²) in [7, 11) is -0.360. The number of carbonyl (C=O) groups is 1. The van der Waals surface area contributed by atoms with Gasteiger partial charge in [0.15, 0.2) is 0 Å². The van der Waals surface area contributed by atoms with Crippen molar-refractivity contribution in [3.8, 4) is 0 Å². The highest BCUT2D eigenvalue weighted by Gasteiger charge is 2.20. The first kappa shape index (κ1) is 17.5. The molecular weight excluding hydrogens is 332 g/mol. The summed E-state index contributed by atoms with van der Waals surface area (Å²) in [6, 6.07) is 6.66. The normalized spacial score (nSPS) is 11.3. The number of hydrogen-bond donors (Lipinski definition) is 1. The minimum atomic E-state index is -3.67. The number of sulfonamides is 1. The first-order valence-electron chi connectivity index (χ1n) is 7.04. The minimum Gasteiger partial charge on any atom is -0.345 e. The minimum absolute atomic E-state index is 0.173. The van der Waals surface area contributed by atoms with Crippen molar-refractivity contribution in [2.24, 2.45) is 0 Å². The van der Waals surface area contributed by atoms with E-state index in [1.165, 1.54) is 16.2 Å². The zero-order valence-electron chi connectivity index (χ0n) is 13.8. The van der Waals surface area contributed by atoms with Crippen molar-refractivity contribution in [3.05, 3.63) is 45.1 Å². The fourth-order valence-corrected chi connectivity index (χ4v) is 4.87. The number of nitrogens with zero attached hydrogens (tertiary/aromatic N) is 1. The van der Waals surface area contributed by atoms with Crippen LogP contribution >= 0.6 is 11.3 Å². The molecule has 0 aliphatic rings. The second-order valence-electron chi connectivity index (χ2n) is 5.61. The highest BCUT2D eigenvalue weighted by Crippen LogP contribution is 2.28. The molecule has 0 aliphatic heterocycles. The van der Waals surface area contributed by atoms with Gasteiger partial charge in [0, 0.05) is 29.4 Å². The fraction of sp³-hybridized carbons (Fsp3) is 0.312. The third-order valence-electron chi connectivity index (χ3n) is 3.42. The summed E-state index contributed by atoms with van der Waals surface area (Å²) in [5.74, 6) is -0.173. The van der Waals surface area contributed by atoms with Crippen LogP contribution in [0.4, 0.5) is 5.69 Å². The second-order valence-corrected chi connectivity index (χ2v) is 8.72. The second kappa shape index (κ2) is 6.33. The van der Waals surface area contributed by atoms with Crippen molar-refractivity contribution in [2.75, 3.05) is 18.8 Å². The fourth-order valence-electron chi connectivity index (χ4n) is 2.20. The monoisotopic (exact) mass is 352 g/mol. The van der Waals surface area contributed by atoms with Crippen LogP contribution in [-0.4, -0.2) is 33.3 Å². The van der Waals surface area contributed by atoms with E-state index in [0.717, 1.165) is 15.3 Å². The van der Waals surface area contributed by atoms with Crippen LogP contribution < -0.4 is 4.72 Å². The highest BCUT2D eigenvalue weighted by atomic mass is 32.2. The number of carbonyl (C=O) groups excluding carboxylic acids is 1. The predicted molar refractivity (Wildman–Crippen MR) is 93.8 cm³/mol. The lowest BCUT2D eigenvalue weighted by Crippen LogP contribution is -2.22. The van der Waals surface area contributed by atoms with Gasteiger partial charge in [-0.2, -0.15) is 0 Å². The van der Waals surface area contributed by atoms with Crippen molar-refractivity contribution < 1.29 is 13.2 Å². The summed E-state index contributed by atoms with van der Waals surface area (Å²) < 4.78 is 27.8. The number of benzene rings is 1. The van der Waals surface area contributed by atoms with Gasteiger partial charge in [-0.05, 0) is 44.5 Å². The first-order chi connectivity index (χ1) is 10.6. The maximum atomic E-state index is 12.6. The molecule has 2 aromatic rings. The Hall–Kier alpha value is -1.86. The van der Waals surface area contributed by atoms with Crippen LogP contribution in [0.2, 0.25) is 0 Å². The summed E-state index contributed by atoms with van der Waals surface area (Å²) in [5.41, 5.74) is 1.62. The third-order valence-corrected chi connectivity index (χ3v) is 6.01. The molecule has 7 heteroatoms. The van der Waals surface area contributed by atoms with Crippen molar-refractivity contribution in [1.29, 1.82) is 0 Å². The first-order valence-corrected chi connectivity index (χ1v) is 9.34. The van der Waals surface area contributed by atoms with Gasteiger partial charge < -0.3 is 4.90 Å². The maximum absolute atomic E-state index is 12.6. The smallest absolute Gasteiger partial charge is 0.263 e. The molecule has 2 rings (SSSR count). The molecule has 5 nitrogen and oxygen atoms in total. The Kier molecular flexibility index (Phi) is 4.81. The van der Waals surface area contributed by atoms with Gasteiger partial charge in [0.25, 0.3) is 15.9 Å². The molecule has 0 fully saturated rings. The number of aryl methyl sites for hydroxylation is 3. The van der Waals surface area contributed by atoms with E-state index in [2.05, 4.69) is 4.72 Å². The quantitative estimate of drug-likeness (QED) is 0.919.